The number of rotatable bonds is 8. The second-order valence-electron chi connectivity index (χ2n) is 8.17. The molecule has 0 fully saturated rings. The Bertz CT molecular complexity index is 1570. The Morgan fingerprint density at radius 1 is 1.00 bits per heavy atom. The van der Waals surface area contributed by atoms with Crippen LogP contribution in [0.2, 0.25) is 0 Å². The highest BCUT2D eigenvalue weighted by molar-refractivity contribution is 5.89. The van der Waals surface area contributed by atoms with Crippen LogP contribution in [0.1, 0.15) is 25.0 Å². The molecule has 0 unspecified atom stereocenters. The lowest BCUT2D eigenvalue weighted by atomic mass is 10.1. The normalized spacial score (nSPS) is 11.3. The van der Waals surface area contributed by atoms with Crippen LogP contribution in [0.25, 0.3) is 22.4 Å². The van der Waals surface area contributed by atoms with Gasteiger partial charge >= 0.3 is 6.18 Å². The zero-order valence-corrected chi connectivity index (χ0v) is 22.7. The van der Waals surface area contributed by atoms with E-state index in [4.69, 9.17) is 19.9 Å². The molecule has 2 N–H and O–H groups in total. The smallest absolute Gasteiger partial charge is 0.422 e. The Morgan fingerprint density at radius 2 is 1.73 bits per heavy atom. The number of alkyl halides is 3. The molecule has 0 radical (unpaired) electrons. The van der Waals surface area contributed by atoms with Crippen molar-refractivity contribution in [2.75, 3.05) is 33.6 Å². The number of fused-ring (bicyclic) bond motifs is 1. The first-order valence-corrected chi connectivity index (χ1v) is 12.3. The lowest BCUT2D eigenvalue weighted by molar-refractivity contribution is -0.154. The number of aliphatic imine (C=N–C) groups is 1. The van der Waals surface area contributed by atoms with Gasteiger partial charge in [0.25, 0.3) is 5.56 Å². The van der Waals surface area contributed by atoms with Gasteiger partial charge in [-0.05, 0) is 35.9 Å². The second kappa shape index (κ2) is 13.0. The highest BCUT2D eigenvalue weighted by atomic mass is 19.4. The average molecular weight is 558 g/mol. The maximum atomic E-state index is 13.8. The summed E-state index contributed by atoms with van der Waals surface area (Å²) in [4.78, 5) is 26.4. The van der Waals surface area contributed by atoms with E-state index in [1.165, 1.54) is 30.9 Å². The summed E-state index contributed by atoms with van der Waals surface area (Å²) >= 11 is 0. The fourth-order valence-corrected chi connectivity index (χ4v) is 3.81. The topological polar surface area (TPSA) is 114 Å². The zero-order chi connectivity index (χ0) is 29.4. The lowest BCUT2D eigenvalue weighted by Gasteiger charge is -2.15. The van der Waals surface area contributed by atoms with E-state index < -0.39 is 18.3 Å². The van der Waals surface area contributed by atoms with Gasteiger partial charge in [0, 0.05) is 36.1 Å². The van der Waals surface area contributed by atoms with Gasteiger partial charge in [-0.2, -0.15) is 18.2 Å². The van der Waals surface area contributed by atoms with Crippen molar-refractivity contribution in [3.05, 3.63) is 70.0 Å². The predicted octanol–water partition coefficient (Wildman–Crippen LogP) is 5.12. The Morgan fingerprint density at radius 3 is 2.38 bits per heavy atom. The van der Waals surface area contributed by atoms with Gasteiger partial charge in [0.15, 0.2) is 23.8 Å². The lowest BCUT2D eigenvalue weighted by Crippen LogP contribution is -2.25. The summed E-state index contributed by atoms with van der Waals surface area (Å²) in [6, 6.07) is 12.8. The molecule has 0 atom stereocenters. The van der Waals surface area contributed by atoms with E-state index in [-0.39, 0.29) is 29.3 Å². The number of hydrogen-bond acceptors (Lipinski definition) is 8. The van der Waals surface area contributed by atoms with E-state index in [1.807, 2.05) is 13.8 Å². The minimum atomic E-state index is -4.55. The third kappa shape index (κ3) is 6.87. The van der Waals surface area contributed by atoms with E-state index in [2.05, 4.69) is 15.0 Å². The van der Waals surface area contributed by atoms with E-state index >= 15 is 0 Å². The Hall–Kier alpha value is -4.61. The maximum absolute atomic E-state index is 13.8. The summed E-state index contributed by atoms with van der Waals surface area (Å²) in [5.41, 5.74) is 8.16. The van der Waals surface area contributed by atoms with Crippen LogP contribution < -0.4 is 25.5 Å². The minimum absolute atomic E-state index is 0.0131. The van der Waals surface area contributed by atoms with Gasteiger partial charge < -0.3 is 19.9 Å². The van der Waals surface area contributed by atoms with E-state index in [0.717, 1.165) is 0 Å². The molecule has 0 saturated carbocycles. The Labute approximate surface area is 229 Å². The number of aromatic nitrogens is 3. The van der Waals surface area contributed by atoms with E-state index in [9.17, 15) is 18.0 Å². The van der Waals surface area contributed by atoms with Crippen molar-refractivity contribution in [2.24, 2.45) is 4.99 Å². The predicted molar refractivity (Wildman–Crippen MR) is 149 cm³/mol. The van der Waals surface area contributed by atoms with Crippen LogP contribution in [0.3, 0.4) is 0 Å². The SMILES string of the molecule is CC.CN=Cc1cc(-c2nc3ccc(OCC(F)(F)F)nc3n(Cc3ccc(OC)c(OC)c3)c2=O)ccc1N. The first-order chi connectivity index (χ1) is 19.1. The summed E-state index contributed by atoms with van der Waals surface area (Å²) in [6.07, 6.45) is -2.99. The minimum Gasteiger partial charge on any atom is -0.493 e. The van der Waals surface area contributed by atoms with Gasteiger partial charge in [-0.25, -0.2) is 4.98 Å². The number of benzene rings is 2. The molecule has 0 bridgehead atoms. The molecule has 2 aromatic heterocycles. The summed E-state index contributed by atoms with van der Waals surface area (Å²) in [5, 5.41) is 0. The van der Waals surface area contributed by atoms with Gasteiger partial charge in [-0.15, -0.1) is 0 Å². The number of anilines is 1. The Balaban J connectivity index is 0.00000216. The molecule has 0 aliphatic rings. The molecular weight excluding hydrogens is 527 g/mol. The molecule has 40 heavy (non-hydrogen) atoms. The average Bonchev–Trinajstić information content (AvgIpc) is 2.95. The van der Waals surface area contributed by atoms with Crippen LogP contribution in [0, 0.1) is 0 Å². The van der Waals surface area contributed by atoms with Gasteiger partial charge in [-0.1, -0.05) is 26.0 Å². The van der Waals surface area contributed by atoms with Gasteiger partial charge in [0.1, 0.15) is 11.2 Å². The molecule has 0 saturated heterocycles. The summed E-state index contributed by atoms with van der Waals surface area (Å²) in [6.45, 7) is 2.49. The molecule has 4 aromatic rings. The molecule has 0 aliphatic heterocycles. The highest BCUT2D eigenvalue weighted by Gasteiger charge is 2.29. The molecule has 2 heterocycles. The van der Waals surface area contributed by atoms with Crippen molar-refractivity contribution in [3.63, 3.8) is 0 Å². The third-order valence-electron chi connectivity index (χ3n) is 5.57. The van der Waals surface area contributed by atoms with Crippen molar-refractivity contribution in [2.45, 2.75) is 26.6 Å². The quantitative estimate of drug-likeness (QED) is 0.236. The van der Waals surface area contributed by atoms with Crippen LogP contribution in [0.4, 0.5) is 18.9 Å². The number of nitrogen functional groups attached to an aromatic ring is 1. The number of halogens is 3. The van der Waals surface area contributed by atoms with E-state index in [0.29, 0.717) is 33.9 Å². The summed E-state index contributed by atoms with van der Waals surface area (Å²) in [5.74, 6) is 0.649. The number of nitrogens with zero attached hydrogens (tertiary/aromatic N) is 4. The van der Waals surface area contributed by atoms with Crippen molar-refractivity contribution in [1.82, 2.24) is 14.5 Å². The molecular formula is C28H30F3N5O4. The largest absolute Gasteiger partial charge is 0.493 e. The zero-order valence-electron chi connectivity index (χ0n) is 22.7. The monoisotopic (exact) mass is 557 g/mol. The second-order valence-corrected chi connectivity index (χ2v) is 8.17. The summed E-state index contributed by atoms with van der Waals surface area (Å²) < 4.78 is 54.9. The number of ether oxygens (including phenoxy) is 3. The number of methoxy groups -OCH3 is 2. The molecule has 12 heteroatoms. The van der Waals surface area contributed by atoms with E-state index in [1.54, 1.807) is 49.7 Å². The first kappa shape index (κ1) is 29.9. The molecule has 0 spiro atoms. The van der Waals surface area contributed by atoms with Crippen molar-refractivity contribution in [3.8, 4) is 28.6 Å². The van der Waals surface area contributed by atoms with Crippen molar-refractivity contribution in [1.29, 1.82) is 0 Å². The fraction of sp³-hybridized carbons (Fsp3) is 0.286. The third-order valence-corrected chi connectivity index (χ3v) is 5.57. The molecule has 2 aromatic carbocycles. The van der Waals surface area contributed by atoms with Crippen LogP contribution in [-0.4, -0.2) is 54.8 Å². The van der Waals surface area contributed by atoms with Gasteiger partial charge in [0.2, 0.25) is 5.88 Å². The molecule has 212 valence electrons. The molecule has 4 rings (SSSR count). The molecule has 9 nitrogen and oxygen atoms in total. The highest BCUT2D eigenvalue weighted by Crippen LogP contribution is 2.29. The number of nitrogens with two attached hydrogens (primary N) is 1. The molecule has 0 aliphatic carbocycles. The van der Waals surface area contributed by atoms with Crippen LogP contribution in [0.15, 0.2) is 58.3 Å². The molecule has 0 amide bonds. The summed E-state index contributed by atoms with van der Waals surface area (Å²) in [7, 11) is 4.58. The van der Waals surface area contributed by atoms with Gasteiger partial charge in [-0.3, -0.25) is 14.4 Å². The number of pyridine rings is 1. The van der Waals surface area contributed by atoms with Crippen LogP contribution in [0.5, 0.6) is 17.4 Å². The first-order valence-electron chi connectivity index (χ1n) is 12.3. The van der Waals surface area contributed by atoms with Crippen molar-refractivity contribution >= 4 is 23.1 Å². The standard InChI is InChI=1S/C26H24F3N5O4.C2H6/c1-31-12-17-11-16(5-6-18(17)30)23-25(35)34(13-15-4-8-20(36-2)21(10-15)37-3)24-19(32-23)7-9-22(33-24)38-14-26(27,28)29;1-2/h4-12H,13-14,30H2,1-3H3;1-2H3. The van der Waals surface area contributed by atoms with Gasteiger partial charge in [0.05, 0.1) is 20.8 Å². The van der Waals surface area contributed by atoms with Crippen molar-refractivity contribution < 1.29 is 27.4 Å². The van der Waals surface area contributed by atoms with Crippen LogP contribution >= 0.6 is 0 Å². The number of hydrogen-bond donors (Lipinski definition) is 1. The maximum Gasteiger partial charge on any atom is 0.422 e. The fourth-order valence-electron chi connectivity index (χ4n) is 3.81. The van der Waals surface area contributed by atoms with Crippen LogP contribution in [-0.2, 0) is 6.54 Å². The Kier molecular flexibility index (Phi) is 9.70.